The van der Waals surface area contributed by atoms with Crippen molar-refractivity contribution < 1.29 is 29.1 Å². The summed E-state index contributed by atoms with van der Waals surface area (Å²) in [5.41, 5.74) is 11.6. The van der Waals surface area contributed by atoms with Crippen LogP contribution >= 0.6 is 0 Å². The van der Waals surface area contributed by atoms with Crippen LogP contribution in [0.3, 0.4) is 0 Å². The fraction of sp³-hybridized carbons (Fsp3) is 0.600. The molecule has 0 spiro atoms. The number of imidazole rings is 1. The number of aliphatic carboxylic acids is 1. The maximum Gasteiger partial charge on any atom is 0.326 e. The number of carboxylic acid groups (broad SMARTS) is 1. The molecule has 1 aromatic heterocycles. The molecule has 8 N–H and O–H groups in total. The topological polar surface area (TPSA) is 214 Å². The van der Waals surface area contributed by atoms with Gasteiger partial charge in [0.2, 0.25) is 23.6 Å². The number of carboxylic acids is 1. The van der Waals surface area contributed by atoms with Crippen LogP contribution in [0.5, 0.6) is 0 Å². The van der Waals surface area contributed by atoms with Gasteiger partial charge in [0, 0.05) is 24.9 Å². The lowest BCUT2D eigenvalue weighted by molar-refractivity contribution is -0.145. The average Bonchev–Trinajstić information content (AvgIpc) is 3.43. The van der Waals surface area contributed by atoms with E-state index in [9.17, 15) is 29.1 Å². The zero-order valence-corrected chi connectivity index (χ0v) is 18.6. The zero-order valence-electron chi connectivity index (χ0n) is 18.6. The average molecular weight is 466 g/mol. The third-order valence-corrected chi connectivity index (χ3v) is 5.47. The molecule has 0 bridgehead atoms. The predicted octanol–water partition coefficient (Wildman–Crippen LogP) is -2.14. The number of aromatic amines is 1. The highest BCUT2D eigenvalue weighted by Crippen LogP contribution is 2.20. The van der Waals surface area contributed by atoms with Crippen molar-refractivity contribution in [1.29, 1.82) is 0 Å². The molecule has 13 nitrogen and oxygen atoms in total. The summed E-state index contributed by atoms with van der Waals surface area (Å²) < 4.78 is 0. The van der Waals surface area contributed by atoms with Gasteiger partial charge in [-0.05, 0) is 18.8 Å². The number of rotatable bonds is 11. The van der Waals surface area contributed by atoms with E-state index in [2.05, 4.69) is 20.6 Å². The predicted molar refractivity (Wildman–Crippen MR) is 115 cm³/mol. The van der Waals surface area contributed by atoms with E-state index in [0.717, 1.165) is 0 Å². The summed E-state index contributed by atoms with van der Waals surface area (Å²) in [7, 11) is 0. The third-order valence-electron chi connectivity index (χ3n) is 5.47. The number of aromatic nitrogens is 2. The normalized spacial score (nSPS) is 18.4. The van der Waals surface area contributed by atoms with Crippen molar-refractivity contribution in [3.8, 4) is 0 Å². The second kappa shape index (κ2) is 11.4. The lowest BCUT2D eigenvalue weighted by Gasteiger charge is -2.29. The van der Waals surface area contributed by atoms with Gasteiger partial charge in [-0.3, -0.25) is 19.2 Å². The van der Waals surface area contributed by atoms with Gasteiger partial charge in [-0.2, -0.15) is 0 Å². The van der Waals surface area contributed by atoms with E-state index in [-0.39, 0.29) is 18.9 Å². The molecule has 4 unspecified atom stereocenters. The highest BCUT2D eigenvalue weighted by Gasteiger charge is 2.39. The molecule has 1 aromatic rings. The van der Waals surface area contributed by atoms with Crippen molar-refractivity contribution >= 4 is 29.6 Å². The number of likely N-dealkylation sites (tertiary alicyclic amines) is 1. The number of H-pyrrole nitrogens is 1. The van der Waals surface area contributed by atoms with Gasteiger partial charge < -0.3 is 37.1 Å². The molecular formula is C20H31N7O6. The number of amides is 4. The molecule has 1 aliphatic heterocycles. The minimum absolute atomic E-state index is 0.0187. The van der Waals surface area contributed by atoms with E-state index < -0.39 is 60.2 Å². The van der Waals surface area contributed by atoms with Crippen LogP contribution in [-0.2, 0) is 30.4 Å². The Bertz CT molecular complexity index is 872. The number of primary amides is 1. The van der Waals surface area contributed by atoms with Gasteiger partial charge in [-0.15, -0.1) is 0 Å². The number of carbonyl (C=O) groups excluding carboxylic acids is 4. The van der Waals surface area contributed by atoms with E-state index in [1.165, 1.54) is 17.4 Å². The molecule has 0 aromatic carbocycles. The Morgan fingerprint density at radius 3 is 2.48 bits per heavy atom. The Hall–Kier alpha value is -3.48. The van der Waals surface area contributed by atoms with Crippen LogP contribution in [0.25, 0.3) is 0 Å². The Balaban J connectivity index is 2.13. The molecular weight excluding hydrogens is 434 g/mol. The first-order valence-corrected chi connectivity index (χ1v) is 10.7. The first-order valence-electron chi connectivity index (χ1n) is 10.7. The summed E-state index contributed by atoms with van der Waals surface area (Å²) in [5, 5.41) is 14.4. The first kappa shape index (κ1) is 25.8. The number of hydrogen-bond acceptors (Lipinski definition) is 7. The summed E-state index contributed by atoms with van der Waals surface area (Å²) in [6.45, 7) is 3.67. The zero-order chi connectivity index (χ0) is 24.7. The van der Waals surface area contributed by atoms with E-state index in [0.29, 0.717) is 18.5 Å². The van der Waals surface area contributed by atoms with E-state index >= 15 is 0 Å². The number of hydrogen-bond donors (Lipinski definition) is 6. The molecule has 4 atom stereocenters. The van der Waals surface area contributed by atoms with Crippen molar-refractivity contribution in [1.82, 2.24) is 25.5 Å². The van der Waals surface area contributed by atoms with Crippen LogP contribution in [0.2, 0.25) is 0 Å². The third kappa shape index (κ3) is 7.00. The van der Waals surface area contributed by atoms with Gasteiger partial charge in [0.1, 0.15) is 18.1 Å². The van der Waals surface area contributed by atoms with Gasteiger partial charge in [0.25, 0.3) is 0 Å². The molecule has 2 heterocycles. The van der Waals surface area contributed by atoms with Gasteiger partial charge in [-0.1, -0.05) is 13.8 Å². The monoisotopic (exact) mass is 465 g/mol. The maximum atomic E-state index is 13.2. The van der Waals surface area contributed by atoms with Crippen molar-refractivity contribution in [2.75, 3.05) is 6.54 Å². The Kier molecular flexibility index (Phi) is 8.91. The molecule has 0 aliphatic carbocycles. The number of nitrogens with one attached hydrogen (secondary N) is 3. The van der Waals surface area contributed by atoms with Crippen LogP contribution in [0, 0.1) is 5.92 Å². The van der Waals surface area contributed by atoms with Crippen LogP contribution in [0.4, 0.5) is 0 Å². The lowest BCUT2D eigenvalue weighted by atomic mass is 10.0. The fourth-order valence-corrected chi connectivity index (χ4v) is 3.56. The number of carbonyl (C=O) groups is 5. The largest absolute Gasteiger partial charge is 0.480 e. The first-order chi connectivity index (χ1) is 15.5. The highest BCUT2D eigenvalue weighted by molar-refractivity contribution is 5.96. The second-order valence-corrected chi connectivity index (χ2v) is 8.37. The minimum atomic E-state index is -1.28. The van der Waals surface area contributed by atoms with Crippen molar-refractivity contribution in [2.45, 2.75) is 63.7 Å². The summed E-state index contributed by atoms with van der Waals surface area (Å²) in [6.07, 6.45) is 3.16. The van der Waals surface area contributed by atoms with Crippen LogP contribution in [-0.4, -0.2) is 80.3 Å². The lowest BCUT2D eigenvalue weighted by Crippen LogP contribution is -2.58. The summed E-state index contributed by atoms with van der Waals surface area (Å²) in [5.74, 6) is -4.17. The Morgan fingerprint density at radius 2 is 1.94 bits per heavy atom. The summed E-state index contributed by atoms with van der Waals surface area (Å²) >= 11 is 0. The van der Waals surface area contributed by atoms with Gasteiger partial charge in [0.05, 0.1) is 18.8 Å². The number of nitrogens with two attached hydrogens (primary N) is 2. The standard InChI is InChI=1S/C20H31N7O6/c1-10(2)16(22)18(30)25-12(7-15(21)28)19(31)27-5-3-4-14(27)17(29)26-13(20(32)33)6-11-8-23-9-24-11/h8-10,12-14,16H,3-7,22H2,1-2H3,(H2,21,28)(H,23,24)(H,25,30)(H,26,29)(H,32,33). The Labute approximate surface area is 190 Å². The van der Waals surface area contributed by atoms with Crippen LogP contribution in [0.15, 0.2) is 12.5 Å². The highest BCUT2D eigenvalue weighted by atomic mass is 16.4. The fourth-order valence-electron chi connectivity index (χ4n) is 3.56. The van der Waals surface area contributed by atoms with Crippen molar-refractivity contribution in [3.63, 3.8) is 0 Å². The second-order valence-electron chi connectivity index (χ2n) is 8.37. The summed E-state index contributed by atoms with van der Waals surface area (Å²) in [6, 6.07) is -4.37. The van der Waals surface area contributed by atoms with Crippen LogP contribution < -0.4 is 22.1 Å². The molecule has 1 fully saturated rings. The van der Waals surface area contributed by atoms with Gasteiger partial charge in [0.15, 0.2) is 0 Å². The molecule has 1 saturated heterocycles. The van der Waals surface area contributed by atoms with Crippen molar-refractivity contribution in [3.05, 3.63) is 18.2 Å². The van der Waals surface area contributed by atoms with E-state index in [4.69, 9.17) is 11.5 Å². The van der Waals surface area contributed by atoms with Gasteiger partial charge in [-0.25, -0.2) is 9.78 Å². The molecule has 0 radical (unpaired) electrons. The number of nitrogens with zero attached hydrogens (tertiary/aromatic N) is 2. The maximum absolute atomic E-state index is 13.2. The van der Waals surface area contributed by atoms with Crippen molar-refractivity contribution in [2.24, 2.45) is 17.4 Å². The SMILES string of the molecule is CC(C)C(N)C(=O)NC(CC(N)=O)C(=O)N1CCCC1C(=O)NC(Cc1cnc[nH]1)C(=O)O. The molecule has 182 valence electrons. The molecule has 1 aliphatic rings. The van der Waals surface area contributed by atoms with Gasteiger partial charge >= 0.3 is 5.97 Å². The molecule has 4 amide bonds. The molecule has 0 saturated carbocycles. The minimum Gasteiger partial charge on any atom is -0.480 e. The summed E-state index contributed by atoms with van der Waals surface area (Å²) in [4.78, 5) is 69.4. The molecule has 2 rings (SSSR count). The Morgan fingerprint density at radius 1 is 1.24 bits per heavy atom. The quantitative estimate of drug-likeness (QED) is 0.211. The molecule has 33 heavy (non-hydrogen) atoms. The van der Waals surface area contributed by atoms with E-state index in [1.807, 2.05) is 0 Å². The van der Waals surface area contributed by atoms with E-state index in [1.54, 1.807) is 13.8 Å². The molecule has 13 heteroatoms. The van der Waals surface area contributed by atoms with Crippen LogP contribution in [0.1, 0.15) is 38.8 Å². The smallest absolute Gasteiger partial charge is 0.326 e.